The number of anilines is 1. The van der Waals surface area contributed by atoms with E-state index >= 15 is 0 Å². The molecule has 0 spiro atoms. The van der Waals surface area contributed by atoms with Gasteiger partial charge in [-0.2, -0.15) is 5.26 Å². The van der Waals surface area contributed by atoms with Crippen LogP contribution in [0.2, 0.25) is 0 Å². The largest absolute Gasteiger partial charge is 0.479 e. The van der Waals surface area contributed by atoms with Gasteiger partial charge < -0.3 is 9.64 Å². The van der Waals surface area contributed by atoms with Gasteiger partial charge in [-0.05, 0) is 36.8 Å². The van der Waals surface area contributed by atoms with Crippen LogP contribution >= 0.6 is 0 Å². The molecule has 0 aromatic heterocycles. The van der Waals surface area contributed by atoms with Gasteiger partial charge in [0.1, 0.15) is 5.75 Å². The molecule has 0 N–H and O–H groups in total. The maximum atomic E-state index is 12.6. The van der Waals surface area contributed by atoms with Crippen molar-refractivity contribution < 1.29 is 9.53 Å². The van der Waals surface area contributed by atoms with E-state index in [0.717, 1.165) is 17.0 Å². The Balaban J connectivity index is 1.73. The summed E-state index contributed by atoms with van der Waals surface area (Å²) in [6.07, 6.45) is 1.37. The Morgan fingerprint density at radius 2 is 2.11 bits per heavy atom. The number of nitriles is 1. The van der Waals surface area contributed by atoms with Crippen LogP contribution in [0.25, 0.3) is 0 Å². The second-order valence-corrected chi connectivity index (χ2v) is 6.55. The van der Waals surface area contributed by atoms with Gasteiger partial charge in [0, 0.05) is 26.2 Å². The molecule has 1 heterocycles. The standard InChI is InChI=1S/C22H23N3O2/c1-3-11-24(16-19-8-6-7-18(14-19)15-23)12-13-25-20-9-4-5-10-21(20)27-17(2)22(25)26/h3-10,14,17H,1,11-13,16H2,2H3/t17-/m1/s1. The Labute approximate surface area is 160 Å². The number of carbonyl (C=O) groups excluding carboxylic acids is 1. The van der Waals surface area contributed by atoms with E-state index in [2.05, 4.69) is 17.5 Å². The average Bonchev–Trinajstić information content (AvgIpc) is 2.68. The molecule has 3 rings (SSSR count). The van der Waals surface area contributed by atoms with Crippen molar-refractivity contribution in [3.63, 3.8) is 0 Å². The van der Waals surface area contributed by atoms with E-state index in [0.29, 0.717) is 31.7 Å². The van der Waals surface area contributed by atoms with Crippen LogP contribution in [0.1, 0.15) is 18.1 Å². The Bertz CT molecular complexity index is 872. The summed E-state index contributed by atoms with van der Waals surface area (Å²) in [7, 11) is 0. The number of carbonyl (C=O) groups is 1. The quantitative estimate of drug-likeness (QED) is 0.710. The van der Waals surface area contributed by atoms with Gasteiger partial charge in [-0.25, -0.2) is 0 Å². The van der Waals surface area contributed by atoms with Crippen LogP contribution in [0, 0.1) is 11.3 Å². The maximum Gasteiger partial charge on any atom is 0.267 e. The average molecular weight is 361 g/mol. The van der Waals surface area contributed by atoms with Crippen LogP contribution < -0.4 is 9.64 Å². The third-order valence-electron chi connectivity index (χ3n) is 4.56. The molecule has 5 heteroatoms. The fourth-order valence-electron chi connectivity index (χ4n) is 3.25. The van der Waals surface area contributed by atoms with Gasteiger partial charge in [0.25, 0.3) is 5.91 Å². The topological polar surface area (TPSA) is 56.6 Å². The summed E-state index contributed by atoms with van der Waals surface area (Å²) in [6, 6.07) is 17.4. The van der Waals surface area contributed by atoms with Gasteiger partial charge in [-0.1, -0.05) is 30.3 Å². The summed E-state index contributed by atoms with van der Waals surface area (Å²) >= 11 is 0. The summed E-state index contributed by atoms with van der Waals surface area (Å²) in [6.45, 7) is 8.26. The summed E-state index contributed by atoms with van der Waals surface area (Å²) < 4.78 is 5.70. The van der Waals surface area contributed by atoms with Crippen LogP contribution in [0.3, 0.4) is 0 Å². The van der Waals surface area contributed by atoms with E-state index in [-0.39, 0.29) is 5.91 Å². The number of nitrogens with zero attached hydrogens (tertiary/aromatic N) is 3. The molecular weight excluding hydrogens is 338 g/mol. The molecule has 1 amide bonds. The minimum absolute atomic E-state index is 0.0290. The summed E-state index contributed by atoms with van der Waals surface area (Å²) in [4.78, 5) is 16.6. The summed E-state index contributed by atoms with van der Waals surface area (Å²) in [5, 5.41) is 9.08. The Hall–Kier alpha value is -3.10. The van der Waals surface area contributed by atoms with E-state index < -0.39 is 6.10 Å². The predicted octanol–water partition coefficient (Wildman–Crippen LogP) is 3.36. The highest BCUT2D eigenvalue weighted by Crippen LogP contribution is 2.33. The third kappa shape index (κ3) is 4.36. The minimum Gasteiger partial charge on any atom is -0.479 e. The van der Waals surface area contributed by atoms with Crippen molar-refractivity contribution >= 4 is 11.6 Å². The van der Waals surface area contributed by atoms with E-state index in [1.54, 1.807) is 17.9 Å². The molecule has 2 aromatic carbocycles. The lowest BCUT2D eigenvalue weighted by atomic mass is 10.1. The Morgan fingerprint density at radius 1 is 1.30 bits per heavy atom. The molecule has 0 aliphatic carbocycles. The fraction of sp³-hybridized carbons (Fsp3) is 0.273. The first-order valence-corrected chi connectivity index (χ1v) is 9.01. The summed E-state index contributed by atoms with van der Waals surface area (Å²) in [5.41, 5.74) is 2.53. The predicted molar refractivity (Wildman–Crippen MR) is 106 cm³/mol. The van der Waals surface area contributed by atoms with Gasteiger partial charge in [0.15, 0.2) is 6.10 Å². The molecular formula is C22H23N3O2. The van der Waals surface area contributed by atoms with Gasteiger partial charge in [0.2, 0.25) is 0 Å². The van der Waals surface area contributed by atoms with Crippen LogP contribution in [-0.4, -0.2) is 36.5 Å². The Kier molecular flexibility index (Phi) is 5.90. The lowest BCUT2D eigenvalue weighted by Crippen LogP contribution is -2.47. The highest BCUT2D eigenvalue weighted by molar-refractivity contribution is 5.99. The van der Waals surface area contributed by atoms with Crippen LogP contribution in [0.4, 0.5) is 5.69 Å². The van der Waals surface area contributed by atoms with Gasteiger partial charge >= 0.3 is 0 Å². The van der Waals surface area contributed by atoms with Gasteiger partial charge in [-0.3, -0.25) is 9.69 Å². The smallest absolute Gasteiger partial charge is 0.267 e. The van der Waals surface area contributed by atoms with Crippen molar-refractivity contribution in [1.82, 2.24) is 4.90 Å². The number of hydrogen-bond acceptors (Lipinski definition) is 4. The van der Waals surface area contributed by atoms with Crippen LogP contribution in [-0.2, 0) is 11.3 Å². The third-order valence-corrected chi connectivity index (χ3v) is 4.56. The second-order valence-electron chi connectivity index (χ2n) is 6.55. The normalized spacial score (nSPS) is 15.8. The first kappa shape index (κ1) is 18.7. The zero-order valence-electron chi connectivity index (χ0n) is 15.5. The van der Waals surface area contributed by atoms with Crippen molar-refractivity contribution in [1.29, 1.82) is 5.26 Å². The van der Waals surface area contributed by atoms with Gasteiger partial charge in [0.05, 0.1) is 17.3 Å². The highest BCUT2D eigenvalue weighted by Gasteiger charge is 2.31. The van der Waals surface area contributed by atoms with Gasteiger partial charge in [-0.15, -0.1) is 6.58 Å². The van der Waals surface area contributed by atoms with E-state index in [4.69, 9.17) is 10.00 Å². The van der Waals surface area contributed by atoms with Crippen molar-refractivity contribution in [3.8, 4) is 11.8 Å². The van der Waals surface area contributed by atoms with Crippen molar-refractivity contribution in [2.24, 2.45) is 0 Å². The molecule has 0 fully saturated rings. The molecule has 2 aromatic rings. The first-order valence-electron chi connectivity index (χ1n) is 9.01. The number of rotatable bonds is 7. The van der Waals surface area contributed by atoms with Crippen molar-refractivity contribution in [2.45, 2.75) is 19.6 Å². The number of para-hydroxylation sites is 2. The molecule has 0 saturated carbocycles. The molecule has 0 saturated heterocycles. The number of benzene rings is 2. The lowest BCUT2D eigenvalue weighted by Gasteiger charge is -2.34. The number of fused-ring (bicyclic) bond motifs is 1. The van der Waals surface area contributed by atoms with Crippen molar-refractivity contribution in [2.75, 3.05) is 24.5 Å². The highest BCUT2D eigenvalue weighted by atomic mass is 16.5. The molecule has 1 aliphatic rings. The number of hydrogen-bond donors (Lipinski definition) is 0. The molecule has 27 heavy (non-hydrogen) atoms. The minimum atomic E-state index is -0.486. The second kappa shape index (κ2) is 8.52. The van der Waals surface area contributed by atoms with E-state index in [1.165, 1.54) is 0 Å². The maximum absolute atomic E-state index is 12.6. The fourth-order valence-corrected chi connectivity index (χ4v) is 3.25. The molecule has 1 aliphatic heterocycles. The number of amides is 1. The lowest BCUT2D eigenvalue weighted by molar-refractivity contribution is -0.125. The first-order chi connectivity index (χ1) is 13.1. The zero-order valence-corrected chi connectivity index (χ0v) is 15.5. The Morgan fingerprint density at radius 3 is 2.89 bits per heavy atom. The molecule has 138 valence electrons. The number of ether oxygens (including phenoxy) is 1. The SMILES string of the molecule is C=CCN(CCN1C(=O)[C@@H](C)Oc2ccccc21)Cc1cccc(C#N)c1. The van der Waals surface area contributed by atoms with E-state index in [1.807, 2.05) is 48.5 Å². The molecule has 0 unspecified atom stereocenters. The summed E-state index contributed by atoms with van der Waals surface area (Å²) in [5.74, 6) is 0.709. The van der Waals surface area contributed by atoms with Crippen LogP contribution in [0.15, 0.2) is 61.2 Å². The van der Waals surface area contributed by atoms with E-state index in [9.17, 15) is 4.79 Å². The molecule has 5 nitrogen and oxygen atoms in total. The zero-order chi connectivity index (χ0) is 19.2. The molecule has 0 radical (unpaired) electrons. The monoisotopic (exact) mass is 361 g/mol. The molecule has 0 bridgehead atoms. The van der Waals surface area contributed by atoms with Crippen LogP contribution in [0.5, 0.6) is 5.75 Å². The van der Waals surface area contributed by atoms with Crippen molar-refractivity contribution in [3.05, 3.63) is 72.3 Å². The molecule has 1 atom stereocenters.